The predicted molar refractivity (Wildman–Crippen MR) is 105 cm³/mol. The molecular formula is C17H37N5S. The molecule has 0 aromatic carbocycles. The molecule has 136 valence electrons. The van der Waals surface area contributed by atoms with Gasteiger partial charge in [-0.05, 0) is 40.5 Å². The van der Waals surface area contributed by atoms with Crippen molar-refractivity contribution in [1.82, 2.24) is 20.4 Å². The summed E-state index contributed by atoms with van der Waals surface area (Å²) in [6.45, 7) is 19.7. The Balaban J connectivity index is 2.43. The van der Waals surface area contributed by atoms with Crippen LogP contribution in [0.5, 0.6) is 0 Å². The Kier molecular flexibility index (Phi) is 9.32. The third kappa shape index (κ3) is 7.77. The molecule has 1 heterocycles. The molecule has 0 aromatic rings. The summed E-state index contributed by atoms with van der Waals surface area (Å²) < 4.78 is 0.185. The van der Waals surface area contributed by atoms with E-state index in [4.69, 9.17) is 4.99 Å². The molecule has 1 unspecified atom stereocenters. The number of rotatable bonds is 8. The van der Waals surface area contributed by atoms with Crippen LogP contribution in [0.4, 0.5) is 0 Å². The lowest BCUT2D eigenvalue weighted by molar-refractivity contribution is 0.107. The van der Waals surface area contributed by atoms with Crippen molar-refractivity contribution in [1.29, 1.82) is 0 Å². The molecule has 1 rings (SSSR count). The number of likely N-dealkylation sites (N-methyl/N-ethyl adjacent to an activating group) is 1. The van der Waals surface area contributed by atoms with E-state index in [1.54, 1.807) is 0 Å². The zero-order valence-corrected chi connectivity index (χ0v) is 16.8. The molecule has 1 saturated heterocycles. The number of nitrogens with one attached hydrogen (secondary N) is 2. The van der Waals surface area contributed by atoms with Gasteiger partial charge in [-0.2, -0.15) is 11.8 Å². The Hall–Kier alpha value is -0.460. The Bertz CT molecular complexity index is 351. The van der Waals surface area contributed by atoms with Gasteiger partial charge in [0, 0.05) is 50.1 Å². The van der Waals surface area contributed by atoms with E-state index in [9.17, 15) is 0 Å². The Labute approximate surface area is 147 Å². The molecular weight excluding hydrogens is 306 g/mol. The summed E-state index contributed by atoms with van der Waals surface area (Å²) in [7, 11) is 0. The lowest BCUT2D eigenvalue weighted by Crippen LogP contribution is -2.53. The molecule has 0 amide bonds. The SMILES string of the molecule is CCNC(=NCC(C)(C)SC)NCC(C)N1CCN(CC)CC1. The molecule has 0 aromatic heterocycles. The Morgan fingerprint density at radius 1 is 1.17 bits per heavy atom. The van der Waals surface area contributed by atoms with E-state index in [1.165, 1.54) is 32.7 Å². The van der Waals surface area contributed by atoms with Gasteiger partial charge in [0.2, 0.25) is 0 Å². The number of aliphatic imine (C=N–C) groups is 1. The second-order valence-electron chi connectivity index (χ2n) is 6.86. The zero-order valence-electron chi connectivity index (χ0n) is 16.0. The lowest BCUT2D eigenvalue weighted by atomic mass is 10.2. The number of thioether (sulfide) groups is 1. The van der Waals surface area contributed by atoms with Crippen LogP contribution in [0.1, 0.15) is 34.6 Å². The summed E-state index contributed by atoms with van der Waals surface area (Å²) in [6.07, 6.45) is 2.15. The van der Waals surface area contributed by atoms with Gasteiger partial charge in [-0.15, -0.1) is 0 Å². The lowest BCUT2D eigenvalue weighted by Gasteiger charge is -2.37. The fourth-order valence-electron chi connectivity index (χ4n) is 2.57. The van der Waals surface area contributed by atoms with Gasteiger partial charge in [0.05, 0.1) is 6.54 Å². The van der Waals surface area contributed by atoms with E-state index in [-0.39, 0.29) is 4.75 Å². The number of piperazine rings is 1. The minimum absolute atomic E-state index is 0.185. The summed E-state index contributed by atoms with van der Waals surface area (Å²) in [6, 6.07) is 0.534. The van der Waals surface area contributed by atoms with Crippen molar-refractivity contribution < 1.29 is 0 Å². The second kappa shape index (κ2) is 10.4. The maximum Gasteiger partial charge on any atom is 0.191 e. The van der Waals surface area contributed by atoms with Crippen LogP contribution in [0, 0.1) is 0 Å². The molecule has 1 aliphatic heterocycles. The summed E-state index contributed by atoms with van der Waals surface area (Å²) in [4.78, 5) is 9.84. The Morgan fingerprint density at radius 2 is 1.83 bits per heavy atom. The molecule has 0 spiro atoms. The van der Waals surface area contributed by atoms with E-state index in [0.29, 0.717) is 6.04 Å². The van der Waals surface area contributed by atoms with Crippen molar-refractivity contribution >= 4 is 17.7 Å². The van der Waals surface area contributed by atoms with Gasteiger partial charge < -0.3 is 15.5 Å². The molecule has 0 aliphatic carbocycles. The molecule has 6 heteroatoms. The van der Waals surface area contributed by atoms with Crippen LogP contribution in [0.2, 0.25) is 0 Å². The molecule has 0 saturated carbocycles. The van der Waals surface area contributed by atoms with Gasteiger partial charge >= 0.3 is 0 Å². The van der Waals surface area contributed by atoms with Crippen LogP contribution in [0.15, 0.2) is 4.99 Å². The molecule has 1 atom stereocenters. The van der Waals surface area contributed by atoms with E-state index >= 15 is 0 Å². The summed E-state index contributed by atoms with van der Waals surface area (Å²) in [5, 5.41) is 6.87. The van der Waals surface area contributed by atoms with E-state index in [0.717, 1.165) is 25.6 Å². The summed E-state index contributed by atoms with van der Waals surface area (Å²) in [5.41, 5.74) is 0. The normalized spacial score (nSPS) is 19.7. The standard InChI is InChI=1S/C17H37N5S/c1-7-18-16(20-14-17(4,5)23-6)19-13-15(3)22-11-9-21(8-2)10-12-22/h15H,7-14H2,1-6H3,(H2,18,19,20). The molecule has 1 fully saturated rings. The number of guanidine groups is 1. The summed E-state index contributed by atoms with van der Waals surface area (Å²) in [5.74, 6) is 0.939. The van der Waals surface area contributed by atoms with Crippen molar-refractivity contribution in [2.24, 2.45) is 4.99 Å². The first-order chi connectivity index (χ1) is 10.9. The molecule has 0 bridgehead atoms. The van der Waals surface area contributed by atoms with Gasteiger partial charge in [0.25, 0.3) is 0 Å². The minimum Gasteiger partial charge on any atom is -0.357 e. The van der Waals surface area contributed by atoms with Gasteiger partial charge in [-0.3, -0.25) is 9.89 Å². The molecule has 0 radical (unpaired) electrons. The van der Waals surface area contributed by atoms with E-state index in [2.05, 4.69) is 61.3 Å². The molecule has 5 nitrogen and oxygen atoms in total. The highest BCUT2D eigenvalue weighted by Gasteiger charge is 2.20. The predicted octanol–water partition coefficient (Wildman–Crippen LogP) is 1.71. The van der Waals surface area contributed by atoms with Crippen molar-refractivity contribution in [2.75, 3.05) is 58.6 Å². The molecule has 23 heavy (non-hydrogen) atoms. The van der Waals surface area contributed by atoms with Gasteiger partial charge in [0.15, 0.2) is 5.96 Å². The smallest absolute Gasteiger partial charge is 0.191 e. The zero-order chi connectivity index (χ0) is 17.3. The third-order valence-corrected chi connectivity index (χ3v) is 5.79. The van der Waals surface area contributed by atoms with Gasteiger partial charge in [0.1, 0.15) is 0 Å². The highest BCUT2D eigenvalue weighted by Crippen LogP contribution is 2.20. The number of nitrogens with zero attached hydrogens (tertiary/aromatic N) is 3. The van der Waals surface area contributed by atoms with E-state index in [1.807, 2.05) is 11.8 Å². The van der Waals surface area contributed by atoms with Crippen LogP contribution in [0.3, 0.4) is 0 Å². The van der Waals surface area contributed by atoms with Crippen LogP contribution < -0.4 is 10.6 Å². The van der Waals surface area contributed by atoms with Crippen molar-refractivity contribution in [2.45, 2.75) is 45.4 Å². The third-order valence-electron chi connectivity index (χ3n) is 4.56. The molecule has 2 N–H and O–H groups in total. The topological polar surface area (TPSA) is 42.9 Å². The monoisotopic (exact) mass is 343 g/mol. The highest BCUT2D eigenvalue weighted by molar-refractivity contribution is 7.99. The maximum atomic E-state index is 4.75. The average molecular weight is 344 g/mol. The first-order valence-corrected chi connectivity index (χ1v) is 10.2. The average Bonchev–Trinajstić information content (AvgIpc) is 2.57. The van der Waals surface area contributed by atoms with Crippen LogP contribution >= 0.6 is 11.8 Å². The Morgan fingerprint density at radius 3 is 2.35 bits per heavy atom. The first-order valence-electron chi connectivity index (χ1n) is 8.95. The van der Waals surface area contributed by atoms with E-state index < -0.39 is 0 Å². The van der Waals surface area contributed by atoms with Crippen molar-refractivity contribution in [3.8, 4) is 0 Å². The first kappa shape index (κ1) is 20.6. The summed E-state index contributed by atoms with van der Waals surface area (Å²) >= 11 is 1.86. The largest absolute Gasteiger partial charge is 0.357 e. The molecule has 1 aliphatic rings. The quantitative estimate of drug-likeness (QED) is 0.519. The van der Waals surface area contributed by atoms with Crippen LogP contribution in [-0.4, -0.2) is 85.2 Å². The van der Waals surface area contributed by atoms with Crippen LogP contribution in [-0.2, 0) is 0 Å². The van der Waals surface area contributed by atoms with Crippen molar-refractivity contribution in [3.63, 3.8) is 0 Å². The highest BCUT2D eigenvalue weighted by atomic mass is 32.2. The van der Waals surface area contributed by atoms with Gasteiger partial charge in [-0.1, -0.05) is 6.92 Å². The second-order valence-corrected chi connectivity index (χ2v) is 8.37. The fraction of sp³-hybridized carbons (Fsp3) is 0.941. The van der Waals surface area contributed by atoms with Gasteiger partial charge in [-0.25, -0.2) is 0 Å². The fourth-order valence-corrected chi connectivity index (χ4v) is 2.76. The minimum atomic E-state index is 0.185. The van der Waals surface area contributed by atoms with Crippen molar-refractivity contribution in [3.05, 3.63) is 0 Å². The number of hydrogen-bond acceptors (Lipinski definition) is 4. The van der Waals surface area contributed by atoms with Crippen LogP contribution in [0.25, 0.3) is 0 Å². The maximum absolute atomic E-state index is 4.75. The number of hydrogen-bond donors (Lipinski definition) is 2.